The molecule has 0 saturated heterocycles. The predicted octanol–water partition coefficient (Wildman–Crippen LogP) is 1.29. The minimum Gasteiger partial charge on any atom is -0.496 e. The van der Waals surface area contributed by atoms with Crippen LogP contribution in [0.3, 0.4) is 0 Å². The molecular weight excluding hydrogens is 197 g/mol. The van der Waals surface area contributed by atoms with E-state index in [0.29, 0.717) is 11.3 Å². The number of ketones is 1. The molecule has 0 aliphatic rings. The number of methoxy groups -OCH3 is 1. The number of nitrogens with two attached hydrogens (primary N) is 1. The topological polar surface area (TPSA) is 52.3 Å². The van der Waals surface area contributed by atoms with Gasteiger partial charge in [-0.2, -0.15) is 0 Å². The lowest BCUT2D eigenvalue weighted by atomic mass is 10.0. The van der Waals surface area contributed by atoms with Crippen LogP contribution in [0.25, 0.3) is 0 Å². The Balaban J connectivity index is 2.91. The molecule has 0 amide bonds. The van der Waals surface area contributed by atoms with Crippen LogP contribution in [0.5, 0.6) is 5.75 Å². The number of halogens is 1. The van der Waals surface area contributed by atoms with E-state index < -0.39 is 6.04 Å². The van der Waals surface area contributed by atoms with E-state index in [1.165, 1.54) is 32.2 Å². The fraction of sp³-hybridized carbons (Fsp3) is 0.364. The summed E-state index contributed by atoms with van der Waals surface area (Å²) in [5, 5.41) is 0. The molecule has 0 bridgehead atoms. The average molecular weight is 211 g/mol. The highest BCUT2D eigenvalue weighted by Gasteiger charge is 2.13. The minimum absolute atomic E-state index is 0.124. The number of carbonyl (C=O) groups is 1. The van der Waals surface area contributed by atoms with Crippen LogP contribution in [0.1, 0.15) is 12.5 Å². The molecule has 0 radical (unpaired) electrons. The highest BCUT2D eigenvalue weighted by molar-refractivity contribution is 5.81. The van der Waals surface area contributed by atoms with E-state index in [-0.39, 0.29) is 18.0 Å². The average Bonchev–Trinajstić information content (AvgIpc) is 2.18. The molecule has 0 heterocycles. The van der Waals surface area contributed by atoms with Gasteiger partial charge in [0.15, 0.2) is 0 Å². The Morgan fingerprint density at radius 3 is 2.80 bits per heavy atom. The van der Waals surface area contributed by atoms with E-state index in [1.807, 2.05) is 0 Å². The number of Topliss-reactive ketones (excluding diaryl/α,β-unsaturated/α-hetero) is 1. The second-order valence-electron chi connectivity index (χ2n) is 3.38. The first kappa shape index (κ1) is 11.7. The van der Waals surface area contributed by atoms with Crippen LogP contribution in [-0.2, 0) is 11.2 Å². The van der Waals surface area contributed by atoms with E-state index in [9.17, 15) is 9.18 Å². The van der Waals surface area contributed by atoms with E-state index in [2.05, 4.69) is 0 Å². The third-order valence-electron chi connectivity index (χ3n) is 2.20. The fourth-order valence-electron chi connectivity index (χ4n) is 1.29. The van der Waals surface area contributed by atoms with Crippen molar-refractivity contribution in [2.45, 2.75) is 19.4 Å². The van der Waals surface area contributed by atoms with Crippen molar-refractivity contribution in [2.24, 2.45) is 5.73 Å². The first-order valence-electron chi connectivity index (χ1n) is 4.63. The van der Waals surface area contributed by atoms with Crippen LogP contribution in [0.15, 0.2) is 18.2 Å². The van der Waals surface area contributed by atoms with Crippen LogP contribution >= 0.6 is 0 Å². The molecule has 1 atom stereocenters. The van der Waals surface area contributed by atoms with Gasteiger partial charge in [0.2, 0.25) is 0 Å². The molecule has 1 aromatic carbocycles. The Morgan fingerprint density at radius 1 is 1.60 bits per heavy atom. The molecule has 0 aromatic heterocycles. The molecule has 1 aromatic rings. The predicted molar refractivity (Wildman–Crippen MR) is 55.3 cm³/mol. The van der Waals surface area contributed by atoms with Crippen LogP contribution in [0.2, 0.25) is 0 Å². The lowest BCUT2D eigenvalue weighted by Gasteiger charge is -2.11. The number of hydrogen-bond acceptors (Lipinski definition) is 3. The van der Waals surface area contributed by atoms with Gasteiger partial charge in [0.25, 0.3) is 0 Å². The number of hydrogen-bond donors (Lipinski definition) is 1. The zero-order valence-corrected chi connectivity index (χ0v) is 8.79. The quantitative estimate of drug-likeness (QED) is 0.816. The van der Waals surface area contributed by atoms with E-state index >= 15 is 0 Å². The Bertz CT molecular complexity index is 366. The Morgan fingerprint density at radius 2 is 2.27 bits per heavy atom. The third-order valence-corrected chi connectivity index (χ3v) is 2.20. The molecule has 4 heteroatoms. The zero-order valence-electron chi connectivity index (χ0n) is 8.79. The number of rotatable bonds is 4. The van der Waals surface area contributed by atoms with Crippen LogP contribution < -0.4 is 10.5 Å². The first-order valence-corrected chi connectivity index (χ1v) is 4.63. The van der Waals surface area contributed by atoms with Gasteiger partial charge in [-0.05, 0) is 37.1 Å². The van der Waals surface area contributed by atoms with Gasteiger partial charge < -0.3 is 10.5 Å². The molecule has 0 fully saturated rings. The molecule has 0 aliphatic heterocycles. The number of carbonyl (C=O) groups excluding carboxylic acids is 1. The summed E-state index contributed by atoms with van der Waals surface area (Å²) < 4.78 is 18.0. The zero-order chi connectivity index (χ0) is 11.4. The van der Waals surface area contributed by atoms with Crippen molar-refractivity contribution in [3.63, 3.8) is 0 Å². The summed E-state index contributed by atoms with van der Waals surface area (Å²) in [4.78, 5) is 11.0. The van der Waals surface area contributed by atoms with Crippen LogP contribution in [0.4, 0.5) is 4.39 Å². The Kier molecular flexibility index (Phi) is 3.80. The van der Waals surface area contributed by atoms with Gasteiger partial charge in [-0.15, -0.1) is 0 Å². The molecule has 0 spiro atoms. The van der Waals surface area contributed by atoms with Crippen LogP contribution in [-0.4, -0.2) is 18.9 Å². The SMILES string of the molecule is COc1ccc(F)cc1CC(N)C(C)=O. The van der Waals surface area contributed by atoms with Gasteiger partial charge in [0.05, 0.1) is 13.2 Å². The summed E-state index contributed by atoms with van der Waals surface area (Å²) in [5.41, 5.74) is 6.21. The van der Waals surface area contributed by atoms with Crippen molar-refractivity contribution in [1.82, 2.24) is 0 Å². The van der Waals surface area contributed by atoms with Gasteiger partial charge in [0.1, 0.15) is 17.3 Å². The van der Waals surface area contributed by atoms with Gasteiger partial charge in [-0.1, -0.05) is 0 Å². The number of benzene rings is 1. The summed E-state index contributed by atoms with van der Waals surface area (Å²) in [6.45, 7) is 1.41. The Hall–Kier alpha value is -1.42. The van der Waals surface area contributed by atoms with Crippen molar-refractivity contribution in [2.75, 3.05) is 7.11 Å². The van der Waals surface area contributed by atoms with Gasteiger partial charge in [0, 0.05) is 0 Å². The van der Waals surface area contributed by atoms with Gasteiger partial charge >= 0.3 is 0 Å². The highest BCUT2D eigenvalue weighted by Crippen LogP contribution is 2.20. The first-order chi connectivity index (χ1) is 7.04. The molecule has 0 saturated carbocycles. The van der Waals surface area contributed by atoms with Crippen molar-refractivity contribution >= 4 is 5.78 Å². The van der Waals surface area contributed by atoms with E-state index in [1.54, 1.807) is 0 Å². The van der Waals surface area contributed by atoms with Gasteiger partial charge in [-0.25, -0.2) is 4.39 Å². The molecule has 1 unspecified atom stereocenters. The largest absolute Gasteiger partial charge is 0.496 e. The van der Waals surface area contributed by atoms with Crippen LogP contribution in [0, 0.1) is 5.82 Å². The van der Waals surface area contributed by atoms with Crippen molar-refractivity contribution in [1.29, 1.82) is 0 Å². The lowest BCUT2D eigenvalue weighted by molar-refractivity contribution is -0.118. The maximum Gasteiger partial charge on any atom is 0.146 e. The molecule has 0 aliphatic carbocycles. The van der Waals surface area contributed by atoms with Gasteiger partial charge in [-0.3, -0.25) is 4.79 Å². The summed E-state index contributed by atoms with van der Waals surface area (Å²) in [5.74, 6) is 0.0657. The second kappa shape index (κ2) is 4.89. The molecule has 1 rings (SSSR count). The Labute approximate surface area is 88.0 Å². The molecule has 15 heavy (non-hydrogen) atoms. The number of ether oxygens (including phenoxy) is 1. The monoisotopic (exact) mass is 211 g/mol. The van der Waals surface area contributed by atoms with E-state index in [4.69, 9.17) is 10.5 Å². The minimum atomic E-state index is -0.610. The van der Waals surface area contributed by atoms with Crippen molar-refractivity contribution in [3.05, 3.63) is 29.6 Å². The lowest BCUT2D eigenvalue weighted by Crippen LogP contribution is -2.30. The van der Waals surface area contributed by atoms with Crippen molar-refractivity contribution < 1.29 is 13.9 Å². The smallest absolute Gasteiger partial charge is 0.146 e. The highest BCUT2D eigenvalue weighted by atomic mass is 19.1. The summed E-state index contributed by atoms with van der Waals surface area (Å²) >= 11 is 0. The molecule has 3 nitrogen and oxygen atoms in total. The van der Waals surface area contributed by atoms with E-state index in [0.717, 1.165) is 0 Å². The van der Waals surface area contributed by atoms with Crippen molar-refractivity contribution in [3.8, 4) is 5.75 Å². The maximum absolute atomic E-state index is 13.0. The summed E-state index contributed by atoms with van der Waals surface area (Å²) in [7, 11) is 1.50. The summed E-state index contributed by atoms with van der Waals surface area (Å²) in [6, 6.07) is 3.56. The molecule has 82 valence electrons. The molecular formula is C11H14FNO2. The third kappa shape index (κ3) is 3.02. The summed E-state index contributed by atoms with van der Waals surface area (Å²) in [6.07, 6.45) is 0.288. The molecule has 2 N–H and O–H groups in total. The second-order valence-corrected chi connectivity index (χ2v) is 3.38. The maximum atomic E-state index is 13.0. The fourth-order valence-corrected chi connectivity index (χ4v) is 1.29. The standard InChI is InChI=1S/C11H14FNO2/c1-7(14)10(13)6-8-5-9(12)3-4-11(8)15-2/h3-5,10H,6,13H2,1-2H3. The normalized spacial score (nSPS) is 12.3.